The van der Waals surface area contributed by atoms with Gasteiger partial charge in [0.15, 0.2) is 0 Å². The summed E-state index contributed by atoms with van der Waals surface area (Å²) in [6.07, 6.45) is 5.34. The molecule has 1 rings (SSSR count). The number of hydrogen-bond acceptors (Lipinski definition) is 2. The minimum absolute atomic E-state index is 0.231. The fourth-order valence-corrected chi connectivity index (χ4v) is 2.49. The smallest absolute Gasteiger partial charge is 0.148 e. The lowest BCUT2D eigenvalue weighted by Crippen LogP contribution is -2.14. The number of unbranched alkanes of at least 4 members (excludes halogenated alkanes) is 2. The average molecular weight is 202 g/mol. The Morgan fingerprint density at radius 1 is 1.38 bits per heavy atom. The number of rotatable bonds is 7. The lowest BCUT2D eigenvalue weighted by Gasteiger charge is -1.99. The van der Waals surface area contributed by atoms with Crippen molar-refractivity contribution in [2.45, 2.75) is 39.0 Å². The summed E-state index contributed by atoms with van der Waals surface area (Å²) in [5, 5.41) is 0. The lowest BCUT2D eigenvalue weighted by atomic mass is 10.3. The Morgan fingerprint density at radius 3 is 2.62 bits per heavy atom. The second kappa shape index (κ2) is 5.53. The molecule has 0 bridgehead atoms. The van der Waals surface area contributed by atoms with Gasteiger partial charge in [-0.15, -0.1) is 0 Å². The normalized spacial score (nSPS) is 18.5. The summed E-state index contributed by atoms with van der Waals surface area (Å²) >= 11 is 0. The minimum atomic E-state index is -0.882. The monoisotopic (exact) mass is 202 g/mol. The standard InChI is InChI=1S/C10H18O2S/c1-2-3-4-7-13(12)8-10(11)9-5-6-9/h9H,2-8H2,1H3. The van der Waals surface area contributed by atoms with Crippen LogP contribution in [0.2, 0.25) is 0 Å². The van der Waals surface area contributed by atoms with E-state index in [0.29, 0.717) is 11.5 Å². The van der Waals surface area contributed by atoms with E-state index in [-0.39, 0.29) is 11.7 Å². The topological polar surface area (TPSA) is 34.1 Å². The minimum Gasteiger partial charge on any atom is -0.298 e. The summed E-state index contributed by atoms with van der Waals surface area (Å²) in [6.45, 7) is 2.12. The first-order chi connectivity index (χ1) is 6.24. The molecule has 2 nitrogen and oxygen atoms in total. The lowest BCUT2D eigenvalue weighted by molar-refractivity contribution is -0.117. The third kappa shape index (κ3) is 4.55. The molecule has 1 unspecified atom stereocenters. The van der Waals surface area contributed by atoms with E-state index in [0.717, 1.165) is 32.1 Å². The van der Waals surface area contributed by atoms with Crippen molar-refractivity contribution >= 4 is 16.6 Å². The predicted octanol–water partition coefficient (Wildman–Crippen LogP) is 1.90. The second-order valence-electron chi connectivity index (χ2n) is 3.74. The Balaban J connectivity index is 2.06. The van der Waals surface area contributed by atoms with Crippen molar-refractivity contribution in [3.05, 3.63) is 0 Å². The zero-order valence-corrected chi connectivity index (χ0v) is 9.07. The van der Waals surface area contributed by atoms with Crippen LogP contribution in [0.3, 0.4) is 0 Å². The first-order valence-electron chi connectivity index (χ1n) is 5.11. The molecule has 0 amide bonds. The van der Waals surface area contributed by atoms with E-state index in [1.165, 1.54) is 0 Å². The summed E-state index contributed by atoms with van der Waals surface area (Å²) in [5.41, 5.74) is 0. The van der Waals surface area contributed by atoms with Crippen LogP contribution in [-0.2, 0) is 15.6 Å². The van der Waals surface area contributed by atoms with Gasteiger partial charge in [0.05, 0.1) is 5.75 Å². The van der Waals surface area contributed by atoms with Crippen molar-refractivity contribution in [2.24, 2.45) is 5.92 Å². The molecular weight excluding hydrogens is 184 g/mol. The highest BCUT2D eigenvalue weighted by Crippen LogP contribution is 2.29. The van der Waals surface area contributed by atoms with E-state index in [2.05, 4.69) is 6.92 Å². The van der Waals surface area contributed by atoms with Gasteiger partial charge in [-0.1, -0.05) is 19.8 Å². The Kier molecular flexibility index (Phi) is 4.64. The van der Waals surface area contributed by atoms with Gasteiger partial charge in [0, 0.05) is 22.5 Å². The maximum absolute atomic E-state index is 11.4. The molecule has 0 heterocycles. The van der Waals surface area contributed by atoms with Gasteiger partial charge >= 0.3 is 0 Å². The van der Waals surface area contributed by atoms with Gasteiger partial charge in [-0.2, -0.15) is 0 Å². The van der Waals surface area contributed by atoms with Gasteiger partial charge in [0.25, 0.3) is 0 Å². The van der Waals surface area contributed by atoms with E-state index >= 15 is 0 Å². The molecule has 0 N–H and O–H groups in total. The van der Waals surface area contributed by atoms with Crippen molar-refractivity contribution < 1.29 is 9.00 Å². The maximum Gasteiger partial charge on any atom is 0.148 e. The van der Waals surface area contributed by atoms with E-state index < -0.39 is 10.8 Å². The first-order valence-corrected chi connectivity index (χ1v) is 6.60. The maximum atomic E-state index is 11.4. The van der Waals surface area contributed by atoms with Gasteiger partial charge in [0.1, 0.15) is 5.78 Å². The highest BCUT2D eigenvalue weighted by molar-refractivity contribution is 7.85. The van der Waals surface area contributed by atoms with Crippen LogP contribution >= 0.6 is 0 Å². The van der Waals surface area contributed by atoms with Crippen molar-refractivity contribution in [3.63, 3.8) is 0 Å². The molecule has 0 aromatic carbocycles. The fourth-order valence-electron chi connectivity index (χ4n) is 1.27. The summed E-state index contributed by atoms with van der Waals surface area (Å²) in [5.74, 6) is 1.53. The Labute approximate surface area is 82.6 Å². The van der Waals surface area contributed by atoms with E-state index in [1.807, 2.05) is 0 Å². The van der Waals surface area contributed by atoms with Crippen LogP contribution < -0.4 is 0 Å². The molecule has 1 saturated carbocycles. The summed E-state index contributed by atoms with van der Waals surface area (Å²) in [4.78, 5) is 11.3. The number of carbonyl (C=O) groups excluding carboxylic acids is 1. The fraction of sp³-hybridized carbons (Fsp3) is 0.900. The molecule has 0 aromatic rings. The highest BCUT2D eigenvalue weighted by Gasteiger charge is 2.29. The number of Topliss-reactive ketones (excluding diaryl/α,β-unsaturated/α-hetero) is 1. The summed E-state index contributed by atoms with van der Waals surface area (Å²) in [7, 11) is -0.882. The molecule has 0 spiro atoms. The van der Waals surface area contributed by atoms with E-state index in [4.69, 9.17) is 0 Å². The molecule has 1 aliphatic rings. The van der Waals surface area contributed by atoms with E-state index in [1.54, 1.807) is 0 Å². The van der Waals surface area contributed by atoms with Crippen LogP contribution in [-0.4, -0.2) is 21.5 Å². The molecule has 0 radical (unpaired) electrons. The van der Waals surface area contributed by atoms with Gasteiger partial charge in [-0.3, -0.25) is 9.00 Å². The zero-order chi connectivity index (χ0) is 9.68. The summed E-state index contributed by atoms with van der Waals surface area (Å²) < 4.78 is 11.4. The molecule has 13 heavy (non-hydrogen) atoms. The van der Waals surface area contributed by atoms with Crippen LogP contribution in [0.5, 0.6) is 0 Å². The SMILES string of the molecule is CCCCCS(=O)CC(=O)C1CC1. The molecule has 1 fully saturated rings. The van der Waals surface area contributed by atoms with Crippen LogP contribution in [0.4, 0.5) is 0 Å². The molecule has 0 saturated heterocycles. The highest BCUT2D eigenvalue weighted by atomic mass is 32.2. The number of hydrogen-bond donors (Lipinski definition) is 0. The zero-order valence-electron chi connectivity index (χ0n) is 8.25. The van der Waals surface area contributed by atoms with Gasteiger partial charge in [-0.25, -0.2) is 0 Å². The quantitative estimate of drug-likeness (QED) is 0.591. The second-order valence-corrected chi connectivity index (χ2v) is 5.31. The van der Waals surface area contributed by atoms with Crippen molar-refractivity contribution in [1.29, 1.82) is 0 Å². The van der Waals surface area contributed by atoms with Crippen molar-refractivity contribution in [2.75, 3.05) is 11.5 Å². The number of ketones is 1. The average Bonchev–Trinajstić information content (AvgIpc) is 2.86. The third-order valence-corrected chi connectivity index (χ3v) is 3.66. The van der Waals surface area contributed by atoms with E-state index in [9.17, 15) is 9.00 Å². The number of carbonyl (C=O) groups is 1. The molecular formula is C10H18O2S. The molecule has 76 valence electrons. The van der Waals surface area contributed by atoms with Gasteiger partial charge in [-0.05, 0) is 19.3 Å². The van der Waals surface area contributed by atoms with Crippen LogP contribution in [0.1, 0.15) is 39.0 Å². The van der Waals surface area contributed by atoms with Gasteiger partial charge in [0.2, 0.25) is 0 Å². The van der Waals surface area contributed by atoms with Crippen LogP contribution in [0.15, 0.2) is 0 Å². The first kappa shape index (κ1) is 10.9. The van der Waals surface area contributed by atoms with Crippen LogP contribution in [0, 0.1) is 5.92 Å². The van der Waals surface area contributed by atoms with Gasteiger partial charge < -0.3 is 0 Å². The third-order valence-electron chi connectivity index (χ3n) is 2.31. The van der Waals surface area contributed by atoms with Crippen molar-refractivity contribution in [1.82, 2.24) is 0 Å². The largest absolute Gasteiger partial charge is 0.298 e. The molecule has 0 aromatic heterocycles. The molecule has 3 heteroatoms. The Morgan fingerprint density at radius 2 is 2.08 bits per heavy atom. The molecule has 0 aliphatic heterocycles. The van der Waals surface area contributed by atoms with Crippen LogP contribution in [0.25, 0.3) is 0 Å². The molecule has 1 aliphatic carbocycles. The summed E-state index contributed by atoms with van der Waals surface area (Å²) in [6, 6.07) is 0. The predicted molar refractivity (Wildman–Crippen MR) is 55.1 cm³/mol. The molecule has 1 atom stereocenters. The Hall–Kier alpha value is -0.180. The van der Waals surface area contributed by atoms with Crippen molar-refractivity contribution in [3.8, 4) is 0 Å². The Bertz CT molecular complexity index is 197.